The predicted octanol–water partition coefficient (Wildman–Crippen LogP) is 3.86. The van der Waals surface area contributed by atoms with Crippen molar-refractivity contribution in [3.8, 4) is 5.69 Å². The van der Waals surface area contributed by atoms with Crippen molar-refractivity contribution in [3.05, 3.63) is 47.3 Å². The van der Waals surface area contributed by atoms with E-state index in [1.165, 1.54) is 5.56 Å². The number of aromatic nitrogens is 2. The maximum absolute atomic E-state index is 11.9. The molecule has 0 bridgehead atoms. The Balaban J connectivity index is 2.13. The summed E-state index contributed by atoms with van der Waals surface area (Å²) in [7, 11) is 0. The number of aryl methyl sites for hydroxylation is 1. The molecule has 0 aliphatic heterocycles. The molecular weight excluding hydrogens is 274 g/mol. The lowest BCUT2D eigenvalue weighted by atomic mass is 10.1. The van der Waals surface area contributed by atoms with E-state index in [0.29, 0.717) is 6.42 Å². The van der Waals surface area contributed by atoms with Crippen LogP contribution in [0.15, 0.2) is 30.5 Å². The fraction of sp³-hybridized carbons (Fsp3) is 0.444. The zero-order valence-electron chi connectivity index (χ0n) is 13.9. The van der Waals surface area contributed by atoms with Gasteiger partial charge in [0.15, 0.2) is 0 Å². The van der Waals surface area contributed by atoms with Gasteiger partial charge in [-0.1, -0.05) is 31.0 Å². The molecule has 1 amide bonds. The van der Waals surface area contributed by atoms with Gasteiger partial charge in [0.05, 0.1) is 17.9 Å². The summed E-state index contributed by atoms with van der Waals surface area (Å²) < 4.78 is 1.92. The third kappa shape index (κ3) is 3.75. The molecule has 0 saturated heterocycles. The number of hydrogen-bond donors (Lipinski definition) is 1. The van der Waals surface area contributed by atoms with Gasteiger partial charge in [-0.05, 0) is 39.3 Å². The summed E-state index contributed by atoms with van der Waals surface area (Å²) in [6.45, 7) is 8.20. The minimum atomic E-state index is -0.0245. The van der Waals surface area contributed by atoms with Gasteiger partial charge < -0.3 is 5.32 Å². The number of nitrogens with zero attached hydrogens (tertiary/aromatic N) is 2. The highest BCUT2D eigenvalue weighted by atomic mass is 16.1. The molecule has 0 fully saturated rings. The highest BCUT2D eigenvalue weighted by Gasteiger charge is 2.16. The molecule has 4 heteroatoms. The summed E-state index contributed by atoms with van der Waals surface area (Å²) in [5.41, 5.74) is 4.39. The SMILES string of the molecule is CCCCC(=O)N[C@@H](C)c1cnn(-c2ccc(C)cc2)c1C. The van der Waals surface area contributed by atoms with E-state index in [1.807, 2.05) is 24.7 Å². The first kappa shape index (κ1) is 16.3. The lowest BCUT2D eigenvalue weighted by Crippen LogP contribution is -2.26. The molecule has 2 rings (SSSR count). The molecule has 1 heterocycles. The Hall–Kier alpha value is -2.10. The number of unbranched alkanes of at least 4 members (excludes halogenated alkanes) is 1. The Morgan fingerprint density at radius 3 is 2.59 bits per heavy atom. The number of benzene rings is 1. The van der Waals surface area contributed by atoms with Crippen LogP contribution in [-0.2, 0) is 4.79 Å². The molecule has 0 radical (unpaired) electrons. The quantitative estimate of drug-likeness (QED) is 0.880. The van der Waals surface area contributed by atoms with Crippen LogP contribution >= 0.6 is 0 Å². The normalized spacial score (nSPS) is 12.2. The Labute approximate surface area is 132 Å². The van der Waals surface area contributed by atoms with Gasteiger partial charge in [0.25, 0.3) is 0 Å². The van der Waals surface area contributed by atoms with E-state index >= 15 is 0 Å². The zero-order valence-corrected chi connectivity index (χ0v) is 13.9. The van der Waals surface area contributed by atoms with E-state index < -0.39 is 0 Å². The minimum Gasteiger partial charge on any atom is -0.349 e. The van der Waals surface area contributed by atoms with Gasteiger partial charge in [-0.2, -0.15) is 5.10 Å². The van der Waals surface area contributed by atoms with Crippen molar-refractivity contribution < 1.29 is 4.79 Å². The van der Waals surface area contributed by atoms with E-state index in [4.69, 9.17) is 0 Å². The van der Waals surface area contributed by atoms with Gasteiger partial charge in [-0.25, -0.2) is 4.68 Å². The number of amides is 1. The number of rotatable bonds is 6. The predicted molar refractivity (Wildman–Crippen MR) is 89.1 cm³/mol. The monoisotopic (exact) mass is 299 g/mol. The third-order valence-corrected chi connectivity index (χ3v) is 3.93. The molecule has 0 aliphatic carbocycles. The van der Waals surface area contributed by atoms with Gasteiger partial charge in [-0.15, -0.1) is 0 Å². The number of carbonyl (C=O) groups is 1. The molecule has 0 aliphatic rings. The van der Waals surface area contributed by atoms with Crippen LogP contribution in [0.5, 0.6) is 0 Å². The van der Waals surface area contributed by atoms with Crippen molar-refractivity contribution in [2.75, 3.05) is 0 Å². The second-order valence-electron chi connectivity index (χ2n) is 5.83. The largest absolute Gasteiger partial charge is 0.349 e. The first-order chi connectivity index (χ1) is 10.5. The van der Waals surface area contributed by atoms with E-state index in [0.717, 1.165) is 29.8 Å². The first-order valence-corrected chi connectivity index (χ1v) is 7.93. The Morgan fingerprint density at radius 2 is 1.95 bits per heavy atom. The summed E-state index contributed by atoms with van der Waals surface area (Å²) >= 11 is 0. The summed E-state index contributed by atoms with van der Waals surface area (Å²) in [5.74, 6) is 0.108. The van der Waals surface area contributed by atoms with E-state index in [9.17, 15) is 4.79 Å². The highest BCUT2D eigenvalue weighted by molar-refractivity contribution is 5.76. The average molecular weight is 299 g/mol. The summed E-state index contributed by atoms with van der Waals surface area (Å²) in [5, 5.41) is 7.52. The van der Waals surface area contributed by atoms with E-state index in [2.05, 4.69) is 48.5 Å². The zero-order chi connectivity index (χ0) is 16.1. The van der Waals surface area contributed by atoms with Crippen LogP contribution in [0, 0.1) is 13.8 Å². The summed E-state index contributed by atoms with van der Waals surface area (Å²) in [6.07, 6.45) is 4.40. The van der Waals surface area contributed by atoms with Crippen molar-refractivity contribution in [2.24, 2.45) is 0 Å². The molecule has 1 atom stereocenters. The van der Waals surface area contributed by atoms with Crippen LogP contribution in [0.25, 0.3) is 5.69 Å². The van der Waals surface area contributed by atoms with Crippen molar-refractivity contribution in [2.45, 2.75) is 53.0 Å². The van der Waals surface area contributed by atoms with Crippen molar-refractivity contribution in [3.63, 3.8) is 0 Å². The molecule has 2 aromatic rings. The molecule has 0 unspecified atom stereocenters. The molecule has 1 aromatic heterocycles. The van der Waals surface area contributed by atoms with Gasteiger partial charge in [0.1, 0.15) is 0 Å². The second kappa shape index (κ2) is 7.25. The molecule has 1 N–H and O–H groups in total. The molecular formula is C18H25N3O. The minimum absolute atomic E-state index is 0.0245. The highest BCUT2D eigenvalue weighted by Crippen LogP contribution is 2.20. The summed E-state index contributed by atoms with van der Waals surface area (Å²) in [4.78, 5) is 11.9. The molecule has 4 nitrogen and oxygen atoms in total. The third-order valence-electron chi connectivity index (χ3n) is 3.93. The summed E-state index contributed by atoms with van der Waals surface area (Å²) in [6, 6.07) is 8.24. The molecule has 0 saturated carbocycles. The average Bonchev–Trinajstić information content (AvgIpc) is 2.88. The van der Waals surface area contributed by atoms with E-state index in [1.54, 1.807) is 0 Å². The Kier molecular flexibility index (Phi) is 5.36. The van der Waals surface area contributed by atoms with Crippen molar-refractivity contribution in [1.29, 1.82) is 0 Å². The second-order valence-corrected chi connectivity index (χ2v) is 5.83. The number of carbonyl (C=O) groups excluding carboxylic acids is 1. The molecule has 22 heavy (non-hydrogen) atoms. The molecule has 1 aromatic carbocycles. The van der Waals surface area contributed by atoms with Gasteiger partial charge in [0, 0.05) is 17.7 Å². The lowest BCUT2D eigenvalue weighted by molar-refractivity contribution is -0.121. The van der Waals surface area contributed by atoms with Crippen LogP contribution in [0.3, 0.4) is 0 Å². The van der Waals surface area contributed by atoms with Crippen LogP contribution in [0.2, 0.25) is 0 Å². The van der Waals surface area contributed by atoms with Crippen LogP contribution < -0.4 is 5.32 Å². The maximum atomic E-state index is 11.9. The van der Waals surface area contributed by atoms with Crippen molar-refractivity contribution >= 4 is 5.91 Å². The van der Waals surface area contributed by atoms with Gasteiger partial charge in [-0.3, -0.25) is 4.79 Å². The van der Waals surface area contributed by atoms with Crippen LogP contribution in [0.1, 0.15) is 56.0 Å². The fourth-order valence-electron chi connectivity index (χ4n) is 2.52. The van der Waals surface area contributed by atoms with Crippen LogP contribution in [0.4, 0.5) is 0 Å². The smallest absolute Gasteiger partial charge is 0.220 e. The number of hydrogen-bond acceptors (Lipinski definition) is 2. The van der Waals surface area contributed by atoms with Crippen molar-refractivity contribution in [1.82, 2.24) is 15.1 Å². The maximum Gasteiger partial charge on any atom is 0.220 e. The Morgan fingerprint density at radius 1 is 1.27 bits per heavy atom. The van der Waals surface area contributed by atoms with Gasteiger partial charge in [0.2, 0.25) is 5.91 Å². The number of nitrogens with one attached hydrogen (secondary N) is 1. The molecule has 118 valence electrons. The first-order valence-electron chi connectivity index (χ1n) is 7.93. The lowest BCUT2D eigenvalue weighted by Gasteiger charge is -2.14. The fourth-order valence-corrected chi connectivity index (χ4v) is 2.52. The van der Waals surface area contributed by atoms with Gasteiger partial charge >= 0.3 is 0 Å². The van der Waals surface area contributed by atoms with Crippen LogP contribution in [-0.4, -0.2) is 15.7 Å². The standard InChI is InChI=1S/C18H25N3O/c1-5-6-7-18(22)20-14(3)17-12-19-21(15(17)4)16-10-8-13(2)9-11-16/h8-12,14H,5-7H2,1-4H3,(H,20,22)/t14-/m0/s1. The Bertz CT molecular complexity index is 628. The topological polar surface area (TPSA) is 46.9 Å². The molecule has 0 spiro atoms. The van der Waals surface area contributed by atoms with E-state index in [-0.39, 0.29) is 11.9 Å².